The Balaban J connectivity index is 1.86. The number of alkyl halides is 3. The molecule has 3 heterocycles. The molecule has 4 rings (SSSR count). The van der Waals surface area contributed by atoms with E-state index in [9.17, 15) is 26.7 Å². The SMILES string of the molecule is CC[C@H]1Nc2nc(-n3ccnc3-c3ccc(F)cc3F)nc(CCC(F)(F)F)c2N(C)C1=O. The predicted molar refractivity (Wildman–Crippen MR) is 110 cm³/mol. The molecule has 1 amide bonds. The zero-order valence-corrected chi connectivity index (χ0v) is 17.6. The smallest absolute Gasteiger partial charge is 0.356 e. The minimum absolute atomic E-state index is 0.00413. The summed E-state index contributed by atoms with van der Waals surface area (Å²) in [6.45, 7) is 1.78. The summed E-state index contributed by atoms with van der Waals surface area (Å²) < 4.78 is 68.0. The third kappa shape index (κ3) is 4.37. The summed E-state index contributed by atoms with van der Waals surface area (Å²) in [5.74, 6) is -1.78. The fourth-order valence-electron chi connectivity index (χ4n) is 3.67. The molecule has 3 aromatic rings. The van der Waals surface area contributed by atoms with E-state index >= 15 is 0 Å². The normalized spacial score (nSPS) is 16.0. The van der Waals surface area contributed by atoms with Gasteiger partial charge in [-0.25, -0.2) is 18.7 Å². The highest BCUT2D eigenvalue weighted by molar-refractivity contribution is 6.04. The van der Waals surface area contributed by atoms with Crippen molar-refractivity contribution in [2.24, 2.45) is 0 Å². The number of rotatable bonds is 5. The lowest BCUT2D eigenvalue weighted by Crippen LogP contribution is -2.46. The molecule has 1 N–H and O–H groups in total. The Hall–Kier alpha value is -3.57. The summed E-state index contributed by atoms with van der Waals surface area (Å²) in [6.07, 6.45) is -2.90. The van der Waals surface area contributed by atoms with Gasteiger partial charge in [-0.15, -0.1) is 0 Å². The highest BCUT2D eigenvalue weighted by Gasteiger charge is 2.35. The second-order valence-corrected chi connectivity index (χ2v) is 7.53. The number of halogens is 5. The fourth-order valence-corrected chi connectivity index (χ4v) is 3.67. The molecule has 0 fully saturated rings. The van der Waals surface area contributed by atoms with Crippen molar-refractivity contribution >= 4 is 17.4 Å². The molecule has 2 aromatic heterocycles. The standard InChI is InChI=1S/C21H19F5N6O/c1-3-14-19(33)31(2)16-15(6-7-21(24,25)26)29-20(30-17(16)28-14)32-9-8-27-18(32)12-5-4-11(22)10-13(12)23/h4-5,8-10,14H,3,6-7H2,1-2H3,(H,28,29,30)/t14-/m1/s1. The van der Waals surface area contributed by atoms with E-state index in [4.69, 9.17) is 0 Å². The van der Waals surface area contributed by atoms with Crippen LogP contribution >= 0.6 is 0 Å². The van der Waals surface area contributed by atoms with Gasteiger partial charge < -0.3 is 10.2 Å². The number of hydrogen-bond acceptors (Lipinski definition) is 5. The largest absolute Gasteiger partial charge is 0.389 e. The van der Waals surface area contributed by atoms with Gasteiger partial charge in [0.2, 0.25) is 11.9 Å². The topological polar surface area (TPSA) is 75.9 Å². The van der Waals surface area contributed by atoms with Gasteiger partial charge in [-0.1, -0.05) is 6.92 Å². The summed E-state index contributed by atoms with van der Waals surface area (Å²) in [5, 5.41) is 2.96. The maximum Gasteiger partial charge on any atom is 0.389 e. The molecule has 1 aliphatic rings. The van der Waals surface area contributed by atoms with E-state index in [1.165, 1.54) is 35.0 Å². The van der Waals surface area contributed by atoms with E-state index in [2.05, 4.69) is 20.3 Å². The Morgan fingerprint density at radius 1 is 1.18 bits per heavy atom. The Morgan fingerprint density at radius 2 is 1.94 bits per heavy atom. The van der Waals surface area contributed by atoms with Crippen LogP contribution in [0.15, 0.2) is 30.6 Å². The first-order chi connectivity index (χ1) is 15.6. The number of nitrogens with one attached hydrogen (secondary N) is 1. The zero-order chi connectivity index (χ0) is 23.9. The molecule has 0 radical (unpaired) electrons. The van der Waals surface area contributed by atoms with Crippen molar-refractivity contribution in [2.45, 2.75) is 38.4 Å². The second kappa shape index (κ2) is 8.41. The van der Waals surface area contributed by atoms with Gasteiger partial charge in [-0.2, -0.15) is 18.2 Å². The zero-order valence-electron chi connectivity index (χ0n) is 17.6. The molecular weight excluding hydrogens is 447 g/mol. The van der Waals surface area contributed by atoms with Gasteiger partial charge in [0, 0.05) is 38.3 Å². The van der Waals surface area contributed by atoms with Crippen LogP contribution in [-0.4, -0.2) is 44.7 Å². The number of amides is 1. The van der Waals surface area contributed by atoms with Gasteiger partial charge in [0.05, 0.1) is 11.3 Å². The molecule has 0 unspecified atom stereocenters. The van der Waals surface area contributed by atoms with Gasteiger partial charge in [-0.05, 0) is 18.6 Å². The molecule has 0 spiro atoms. The highest BCUT2D eigenvalue weighted by Crippen LogP contribution is 2.36. The van der Waals surface area contributed by atoms with Gasteiger partial charge in [-0.3, -0.25) is 9.36 Å². The molecule has 33 heavy (non-hydrogen) atoms. The number of nitrogens with zero attached hydrogens (tertiary/aromatic N) is 5. The average molecular weight is 466 g/mol. The maximum atomic E-state index is 14.4. The van der Waals surface area contributed by atoms with Crippen LogP contribution in [0.4, 0.5) is 33.5 Å². The molecule has 1 aromatic carbocycles. The van der Waals surface area contributed by atoms with E-state index in [-0.39, 0.29) is 40.4 Å². The summed E-state index contributed by atoms with van der Waals surface area (Å²) in [5.41, 5.74) is 0.128. The summed E-state index contributed by atoms with van der Waals surface area (Å²) in [4.78, 5) is 26.6. The minimum atomic E-state index is -4.44. The van der Waals surface area contributed by atoms with E-state index in [0.29, 0.717) is 12.5 Å². The summed E-state index contributed by atoms with van der Waals surface area (Å²) >= 11 is 0. The number of aryl methyl sites for hydroxylation is 1. The van der Waals surface area contributed by atoms with Crippen LogP contribution in [0.3, 0.4) is 0 Å². The van der Waals surface area contributed by atoms with Crippen LogP contribution in [-0.2, 0) is 11.2 Å². The molecule has 0 aliphatic carbocycles. The van der Waals surface area contributed by atoms with Crippen molar-refractivity contribution in [1.29, 1.82) is 0 Å². The summed E-state index contributed by atoms with van der Waals surface area (Å²) in [7, 11) is 1.46. The Labute approximate surface area is 185 Å². The number of carbonyl (C=O) groups excluding carboxylic acids is 1. The van der Waals surface area contributed by atoms with Crippen molar-refractivity contribution in [3.05, 3.63) is 47.9 Å². The number of benzene rings is 1. The first kappa shape index (κ1) is 22.6. The van der Waals surface area contributed by atoms with Crippen LogP contribution in [0.25, 0.3) is 17.3 Å². The van der Waals surface area contributed by atoms with Gasteiger partial charge in [0.1, 0.15) is 29.2 Å². The van der Waals surface area contributed by atoms with E-state index in [1.54, 1.807) is 6.92 Å². The third-order valence-electron chi connectivity index (χ3n) is 5.30. The van der Waals surface area contributed by atoms with Crippen molar-refractivity contribution in [2.75, 3.05) is 17.3 Å². The second-order valence-electron chi connectivity index (χ2n) is 7.53. The van der Waals surface area contributed by atoms with Crippen LogP contribution in [0, 0.1) is 11.6 Å². The van der Waals surface area contributed by atoms with Crippen LogP contribution in [0.2, 0.25) is 0 Å². The number of carbonyl (C=O) groups is 1. The van der Waals surface area contributed by atoms with Gasteiger partial charge in [0.15, 0.2) is 5.82 Å². The van der Waals surface area contributed by atoms with Crippen LogP contribution in [0.1, 0.15) is 25.5 Å². The van der Waals surface area contributed by atoms with Crippen LogP contribution in [0.5, 0.6) is 0 Å². The molecule has 12 heteroatoms. The quantitative estimate of drug-likeness (QED) is 0.569. The summed E-state index contributed by atoms with van der Waals surface area (Å²) in [6, 6.07) is 2.35. The molecule has 174 valence electrons. The first-order valence-electron chi connectivity index (χ1n) is 10.1. The number of likely N-dealkylation sites (N-methyl/N-ethyl adjacent to an activating group) is 1. The molecule has 0 bridgehead atoms. The Morgan fingerprint density at radius 3 is 2.61 bits per heavy atom. The molecule has 7 nitrogen and oxygen atoms in total. The number of hydrogen-bond donors (Lipinski definition) is 1. The molecule has 1 aliphatic heterocycles. The van der Waals surface area contributed by atoms with Crippen molar-refractivity contribution in [1.82, 2.24) is 19.5 Å². The van der Waals surface area contributed by atoms with Crippen molar-refractivity contribution in [3.63, 3.8) is 0 Å². The third-order valence-corrected chi connectivity index (χ3v) is 5.30. The average Bonchev–Trinajstić information content (AvgIpc) is 3.23. The van der Waals surface area contributed by atoms with E-state index in [0.717, 1.165) is 6.07 Å². The number of aromatic nitrogens is 4. The monoisotopic (exact) mass is 466 g/mol. The predicted octanol–water partition coefficient (Wildman–Crippen LogP) is 4.27. The number of anilines is 2. The first-order valence-corrected chi connectivity index (χ1v) is 10.1. The van der Waals surface area contributed by atoms with E-state index < -0.39 is 36.7 Å². The highest BCUT2D eigenvalue weighted by atomic mass is 19.4. The molecule has 0 saturated heterocycles. The van der Waals surface area contributed by atoms with Crippen molar-refractivity contribution < 1.29 is 26.7 Å². The fraction of sp³-hybridized carbons (Fsp3) is 0.333. The number of fused-ring (bicyclic) bond motifs is 1. The van der Waals surface area contributed by atoms with E-state index in [1.807, 2.05) is 0 Å². The van der Waals surface area contributed by atoms with Crippen LogP contribution < -0.4 is 10.2 Å². The maximum absolute atomic E-state index is 14.4. The van der Waals surface area contributed by atoms with Gasteiger partial charge in [0.25, 0.3) is 0 Å². The Kier molecular flexibility index (Phi) is 5.76. The lowest BCUT2D eigenvalue weighted by Gasteiger charge is -2.33. The Bertz CT molecular complexity index is 1210. The number of imidazole rings is 1. The minimum Gasteiger partial charge on any atom is -0.356 e. The lowest BCUT2D eigenvalue weighted by atomic mass is 10.1. The molecular formula is C21H19F5N6O. The van der Waals surface area contributed by atoms with Crippen molar-refractivity contribution in [3.8, 4) is 17.3 Å². The van der Waals surface area contributed by atoms with Gasteiger partial charge >= 0.3 is 6.18 Å². The lowest BCUT2D eigenvalue weighted by molar-refractivity contribution is -0.134. The molecule has 0 saturated carbocycles. The molecule has 1 atom stereocenters.